The molecule has 2 rings (SSSR count). The zero-order chi connectivity index (χ0) is 5.40. The molecule has 0 aromatic heterocycles. The van der Waals surface area contributed by atoms with Gasteiger partial charge in [-0.25, -0.2) is 5.01 Å². The number of rotatable bonds is 0. The van der Waals surface area contributed by atoms with E-state index in [1.807, 2.05) is 0 Å². The molecular formula is C6H11N2. The van der Waals surface area contributed by atoms with Crippen molar-refractivity contribution in [3.8, 4) is 0 Å². The molecule has 2 heteroatoms. The molecule has 2 unspecified atom stereocenters. The third-order valence-electron chi connectivity index (χ3n) is 2.01. The molecule has 0 spiro atoms. The van der Waals surface area contributed by atoms with Gasteiger partial charge in [-0.05, 0) is 18.8 Å². The molecule has 2 aliphatic heterocycles. The van der Waals surface area contributed by atoms with Crippen molar-refractivity contribution in [1.82, 2.24) is 10.4 Å². The monoisotopic (exact) mass is 111 g/mol. The van der Waals surface area contributed by atoms with Crippen LogP contribution in [-0.2, 0) is 0 Å². The van der Waals surface area contributed by atoms with Crippen molar-refractivity contribution in [2.24, 2.45) is 5.92 Å². The standard InChI is InChI=1S/C6H11N2/c1-3-7-8-4-2-6(1)5-8/h3,6-7H,1-2,4-5H2. The first-order valence-corrected chi connectivity index (χ1v) is 3.28. The quantitative estimate of drug-likeness (QED) is 0.486. The summed E-state index contributed by atoms with van der Waals surface area (Å²) in [5.74, 6) is 0.969. The van der Waals surface area contributed by atoms with E-state index in [4.69, 9.17) is 0 Å². The van der Waals surface area contributed by atoms with E-state index in [-0.39, 0.29) is 0 Å². The maximum Gasteiger partial charge on any atom is 0.0385 e. The van der Waals surface area contributed by atoms with E-state index >= 15 is 0 Å². The Morgan fingerprint density at radius 3 is 3.38 bits per heavy atom. The van der Waals surface area contributed by atoms with E-state index in [1.165, 1.54) is 25.9 Å². The lowest BCUT2D eigenvalue weighted by atomic mass is 10.1. The molecule has 0 amide bonds. The van der Waals surface area contributed by atoms with Crippen molar-refractivity contribution in [2.75, 3.05) is 13.1 Å². The minimum atomic E-state index is 0.969. The number of nitrogens with one attached hydrogen (secondary N) is 1. The van der Waals surface area contributed by atoms with E-state index in [2.05, 4.69) is 17.0 Å². The second kappa shape index (κ2) is 1.71. The van der Waals surface area contributed by atoms with Gasteiger partial charge in [0, 0.05) is 19.6 Å². The summed E-state index contributed by atoms with van der Waals surface area (Å²) in [7, 11) is 0. The topological polar surface area (TPSA) is 15.3 Å². The van der Waals surface area contributed by atoms with Gasteiger partial charge >= 0.3 is 0 Å². The minimum absolute atomic E-state index is 0.969. The van der Waals surface area contributed by atoms with E-state index in [0.717, 1.165) is 5.92 Å². The summed E-state index contributed by atoms with van der Waals surface area (Å²) in [6.45, 7) is 4.69. The summed E-state index contributed by atoms with van der Waals surface area (Å²) >= 11 is 0. The molecule has 2 heterocycles. The maximum absolute atomic E-state index is 3.22. The van der Waals surface area contributed by atoms with Crippen LogP contribution in [0.4, 0.5) is 0 Å². The van der Waals surface area contributed by atoms with Gasteiger partial charge in [0.25, 0.3) is 0 Å². The van der Waals surface area contributed by atoms with Crippen molar-refractivity contribution in [2.45, 2.75) is 12.8 Å². The Morgan fingerprint density at radius 2 is 2.62 bits per heavy atom. The average molecular weight is 111 g/mol. The van der Waals surface area contributed by atoms with Crippen LogP contribution in [0.3, 0.4) is 0 Å². The van der Waals surface area contributed by atoms with Crippen molar-refractivity contribution >= 4 is 0 Å². The van der Waals surface area contributed by atoms with Gasteiger partial charge in [-0.15, -0.1) is 0 Å². The first-order valence-electron chi connectivity index (χ1n) is 3.28. The van der Waals surface area contributed by atoms with Crippen LogP contribution in [0.25, 0.3) is 0 Å². The molecule has 0 aliphatic carbocycles. The van der Waals surface area contributed by atoms with Crippen LogP contribution in [0.5, 0.6) is 0 Å². The number of hydrazine groups is 1. The smallest absolute Gasteiger partial charge is 0.0385 e. The molecule has 45 valence electrons. The van der Waals surface area contributed by atoms with Crippen LogP contribution in [-0.4, -0.2) is 18.1 Å². The Kier molecular flexibility index (Phi) is 1.02. The predicted octanol–water partition coefficient (Wildman–Crippen LogP) is 0.378. The Morgan fingerprint density at radius 1 is 1.62 bits per heavy atom. The molecule has 2 nitrogen and oxygen atoms in total. The zero-order valence-corrected chi connectivity index (χ0v) is 4.93. The number of fused-ring (bicyclic) bond motifs is 2. The van der Waals surface area contributed by atoms with Crippen LogP contribution >= 0.6 is 0 Å². The Hall–Kier alpha value is -0.0800. The highest BCUT2D eigenvalue weighted by Crippen LogP contribution is 2.22. The van der Waals surface area contributed by atoms with Gasteiger partial charge in [0.15, 0.2) is 0 Å². The van der Waals surface area contributed by atoms with Gasteiger partial charge in [-0.3, -0.25) is 5.43 Å². The van der Waals surface area contributed by atoms with Crippen LogP contribution in [0.1, 0.15) is 12.8 Å². The maximum atomic E-state index is 3.22. The van der Waals surface area contributed by atoms with Gasteiger partial charge in [0.05, 0.1) is 0 Å². The summed E-state index contributed by atoms with van der Waals surface area (Å²) in [5, 5.41) is 2.29. The van der Waals surface area contributed by atoms with E-state index in [1.54, 1.807) is 0 Å². The fourth-order valence-corrected chi connectivity index (χ4v) is 1.49. The van der Waals surface area contributed by atoms with Gasteiger partial charge in [0.2, 0.25) is 0 Å². The van der Waals surface area contributed by atoms with Crippen molar-refractivity contribution < 1.29 is 0 Å². The molecule has 0 saturated carbocycles. The Balaban J connectivity index is 2.03. The van der Waals surface area contributed by atoms with Gasteiger partial charge in [-0.2, -0.15) is 0 Å². The normalized spacial score (nSPS) is 45.0. The molecular weight excluding hydrogens is 100 g/mol. The highest BCUT2D eigenvalue weighted by atomic mass is 15.5. The second-order valence-electron chi connectivity index (χ2n) is 2.67. The molecule has 2 fully saturated rings. The summed E-state index contributed by atoms with van der Waals surface area (Å²) in [5.41, 5.74) is 3.22. The lowest BCUT2D eigenvalue weighted by Gasteiger charge is -2.22. The molecule has 1 radical (unpaired) electrons. The lowest BCUT2D eigenvalue weighted by Crippen LogP contribution is -2.37. The zero-order valence-electron chi connectivity index (χ0n) is 4.93. The third-order valence-corrected chi connectivity index (χ3v) is 2.01. The molecule has 1 N–H and O–H groups in total. The van der Waals surface area contributed by atoms with Crippen molar-refractivity contribution in [1.29, 1.82) is 0 Å². The van der Waals surface area contributed by atoms with Crippen LogP contribution < -0.4 is 5.43 Å². The second-order valence-corrected chi connectivity index (χ2v) is 2.67. The molecule has 0 aromatic carbocycles. The van der Waals surface area contributed by atoms with Crippen LogP contribution in [0.15, 0.2) is 0 Å². The number of hydrogen-bond acceptors (Lipinski definition) is 2. The van der Waals surface area contributed by atoms with Gasteiger partial charge in [0.1, 0.15) is 0 Å². The van der Waals surface area contributed by atoms with E-state index in [0.29, 0.717) is 0 Å². The molecule has 2 saturated heterocycles. The first-order chi connectivity index (χ1) is 3.95. The highest BCUT2D eigenvalue weighted by molar-refractivity contribution is 4.83. The third kappa shape index (κ3) is 0.644. The predicted molar refractivity (Wildman–Crippen MR) is 31.7 cm³/mol. The van der Waals surface area contributed by atoms with Crippen LogP contribution in [0.2, 0.25) is 0 Å². The molecule has 2 bridgehead atoms. The van der Waals surface area contributed by atoms with Crippen molar-refractivity contribution in [3.63, 3.8) is 0 Å². The largest absolute Gasteiger partial charge is 0.250 e. The Labute approximate surface area is 49.8 Å². The van der Waals surface area contributed by atoms with Crippen LogP contribution in [0, 0.1) is 12.5 Å². The SMILES string of the molecule is [CH]1CC2CCN(C2)N1. The number of hydrogen-bond donors (Lipinski definition) is 1. The summed E-state index contributed by atoms with van der Waals surface area (Å²) in [6.07, 6.45) is 2.67. The summed E-state index contributed by atoms with van der Waals surface area (Å²) < 4.78 is 0. The summed E-state index contributed by atoms with van der Waals surface area (Å²) in [6, 6.07) is 0. The molecule has 8 heavy (non-hydrogen) atoms. The highest BCUT2D eigenvalue weighted by Gasteiger charge is 2.25. The molecule has 2 atom stereocenters. The minimum Gasteiger partial charge on any atom is -0.250 e. The molecule has 0 aromatic rings. The first kappa shape index (κ1) is 4.77. The van der Waals surface area contributed by atoms with E-state index < -0.39 is 0 Å². The fraction of sp³-hybridized carbons (Fsp3) is 0.833. The van der Waals surface area contributed by atoms with Gasteiger partial charge in [-0.1, -0.05) is 0 Å². The number of nitrogens with zero attached hydrogens (tertiary/aromatic N) is 1. The van der Waals surface area contributed by atoms with Gasteiger partial charge < -0.3 is 0 Å². The summed E-state index contributed by atoms with van der Waals surface area (Å²) in [4.78, 5) is 0. The average Bonchev–Trinajstić information content (AvgIpc) is 2.12. The lowest BCUT2D eigenvalue weighted by molar-refractivity contribution is 0.219. The fourth-order valence-electron chi connectivity index (χ4n) is 1.49. The molecule has 2 aliphatic rings. The van der Waals surface area contributed by atoms with E-state index in [9.17, 15) is 0 Å². The Bertz CT molecular complexity index is 78.5. The van der Waals surface area contributed by atoms with Crippen molar-refractivity contribution in [3.05, 3.63) is 6.54 Å².